The van der Waals surface area contributed by atoms with E-state index in [0.29, 0.717) is 5.56 Å². The van der Waals surface area contributed by atoms with Gasteiger partial charge in [-0.15, -0.1) is 0 Å². The summed E-state index contributed by atoms with van der Waals surface area (Å²) in [6, 6.07) is 17.0. The lowest BCUT2D eigenvalue weighted by atomic mass is 9.85. The van der Waals surface area contributed by atoms with Crippen molar-refractivity contribution in [2.45, 2.75) is 19.3 Å². The summed E-state index contributed by atoms with van der Waals surface area (Å²) >= 11 is 0. The minimum absolute atomic E-state index is 0.124. The lowest BCUT2D eigenvalue weighted by Crippen LogP contribution is -2.27. The van der Waals surface area contributed by atoms with Gasteiger partial charge in [0.05, 0.1) is 11.6 Å². The SMILES string of the molecule is N#Cc1ccc(Nc2ccc(NC(=O)C3CCC3)cc2)cc1. The lowest BCUT2D eigenvalue weighted by Gasteiger charge is -2.24. The van der Waals surface area contributed by atoms with Crippen LogP contribution in [0.15, 0.2) is 48.5 Å². The highest BCUT2D eigenvalue weighted by Gasteiger charge is 2.24. The van der Waals surface area contributed by atoms with Gasteiger partial charge in [-0.1, -0.05) is 6.42 Å². The quantitative estimate of drug-likeness (QED) is 0.893. The Morgan fingerprint density at radius 1 is 0.955 bits per heavy atom. The second kappa shape index (κ2) is 6.31. The smallest absolute Gasteiger partial charge is 0.227 e. The Morgan fingerprint density at radius 2 is 1.50 bits per heavy atom. The molecular formula is C18H17N3O. The number of rotatable bonds is 4. The first kappa shape index (κ1) is 14.2. The largest absolute Gasteiger partial charge is 0.356 e. The molecule has 4 nitrogen and oxygen atoms in total. The molecule has 2 aromatic rings. The molecule has 0 aliphatic heterocycles. The zero-order chi connectivity index (χ0) is 15.4. The van der Waals surface area contributed by atoms with Crippen molar-refractivity contribution in [1.82, 2.24) is 0 Å². The van der Waals surface area contributed by atoms with Crippen LogP contribution in [-0.2, 0) is 4.79 Å². The highest BCUT2D eigenvalue weighted by Crippen LogP contribution is 2.28. The van der Waals surface area contributed by atoms with Gasteiger partial charge in [0.15, 0.2) is 0 Å². The molecule has 0 bridgehead atoms. The lowest BCUT2D eigenvalue weighted by molar-refractivity contribution is -0.122. The summed E-state index contributed by atoms with van der Waals surface area (Å²) in [5.74, 6) is 0.315. The molecule has 1 fully saturated rings. The van der Waals surface area contributed by atoms with Crippen LogP contribution in [0.5, 0.6) is 0 Å². The first-order valence-electron chi connectivity index (χ1n) is 7.43. The predicted molar refractivity (Wildman–Crippen MR) is 86.9 cm³/mol. The fourth-order valence-electron chi connectivity index (χ4n) is 2.35. The van der Waals surface area contributed by atoms with Crippen molar-refractivity contribution in [2.75, 3.05) is 10.6 Å². The topological polar surface area (TPSA) is 64.9 Å². The molecule has 0 atom stereocenters. The van der Waals surface area contributed by atoms with Crippen LogP contribution < -0.4 is 10.6 Å². The van der Waals surface area contributed by atoms with Crippen molar-refractivity contribution in [3.63, 3.8) is 0 Å². The van der Waals surface area contributed by atoms with E-state index in [1.165, 1.54) is 0 Å². The zero-order valence-corrected chi connectivity index (χ0v) is 12.2. The van der Waals surface area contributed by atoms with E-state index in [4.69, 9.17) is 5.26 Å². The van der Waals surface area contributed by atoms with Gasteiger partial charge in [-0.2, -0.15) is 5.26 Å². The van der Waals surface area contributed by atoms with Crippen LogP contribution in [0.25, 0.3) is 0 Å². The first-order chi connectivity index (χ1) is 10.7. The maximum absolute atomic E-state index is 11.9. The van der Waals surface area contributed by atoms with E-state index >= 15 is 0 Å². The molecular weight excluding hydrogens is 274 g/mol. The Morgan fingerprint density at radius 3 is 2.00 bits per heavy atom. The number of nitrogens with zero attached hydrogens (tertiary/aromatic N) is 1. The van der Waals surface area contributed by atoms with Crippen LogP contribution in [0.1, 0.15) is 24.8 Å². The second-order valence-corrected chi connectivity index (χ2v) is 5.51. The molecule has 22 heavy (non-hydrogen) atoms. The molecule has 0 saturated heterocycles. The molecule has 4 heteroatoms. The molecule has 1 saturated carbocycles. The number of benzene rings is 2. The molecule has 110 valence electrons. The maximum Gasteiger partial charge on any atom is 0.227 e. The van der Waals surface area contributed by atoms with E-state index in [1.54, 1.807) is 12.1 Å². The van der Waals surface area contributed by atoms with Gasteiger partial charge in [-0.3, -0.25) is 4.79 Å². The minimum atomic E-state index is 0.124. The second-order valence-electron chi connectivity index (χ2n) is 5.51. The van der Waals surface area contributed by atoms with Gasteiger partial charge in [0, 0.05) is 23.0 Å². The molecule has 3 rings (SSSR count). The van der Waals surface area contributed by atoms with Crippen molar-refractivity contribution in [3.8, 4) is 6.07 Å². The Hall–Kier alpha value is -2.80. The summed E-state index contributed by atoms with van der Waals surface area (Å²) in [7, 11) is 0. The van der Waals surface area contributed by atoms with E-state index in [9.17, 15) is 4.79 Å². The van der Waals surface area contributed by atoms with Crippen LogP contribution >= 0.6 is 0 Å². The number of carbonyl (C=O) groups excluding carboxylic acids is 1. The van der Waals surface area contributed by atoms with E-state index < -0.39 is 0 Å². The van der Waals surface area contributed by atoms with Crippen LogP contribution in [-0.4, -0.2) is 5.91 Å². The number of nitriles is 1. The Labute approximate surface area is 129 Å². The average Bonchev–Trinajstić information content (AvgIpc) is 2.48. The fourth-order valence-corrected chi connectivity index (χ4v) is 2.35. The number of anilines is 3. The monoisotopic (exact) mass is 291 g/mol. The number of nitrogens with one attached hydrogen (secondary N) is 2. The number of hydrogen-bond donors (Lipinski definition) is 2. The standard InChI is InChI=1S/C18H17N3O/c19-12-13-4-6-15(7-5-13)20-16-8-10-17(11-9-16)21-18(22)14-2-1-3-14/h4-11,14,20H,1-3H2,(H,21,22). The fraction of sp³-hybridized carbons (Fsp3) is 0.222. The molecule has 1 aliphatic rings. The summed E-state index contributed by atoms with van der Waals surface area (Å²) in [6.45, 7) is 0. The molecule has 0 heterocycles. The van der Waals surface area contributed by atoms with Gasteiger partial charge >= 0.3 is 0 Å². The van der Waals surface area contributed by atoms with Gasteiger partial charge in [0.1, 0.15) is 0 Å². The highest BCUT2D eigenvalue weighted by molar-refractivity contribution is 5.93. The van der Waals surface area contributed by atoms with Crippen molar-refractivity contribution in [2.24, 2.45) is 5.92 Å². The van der Waals surface area contributed by atoms with Gasteiger partial charge in [0.2, 0.25) is 5.91 Å². The Balaban J connectivity index is 1.60. The first-order valence-corrected chi connectivity index (χ1v) is 7.43. The van der Waals surface area contributed by atoms with E-state index in [0.717, 1.165) is 36.3 Å². The molecule has 0 unspecified atom stereocenters. The summed E-state index contributed by atoms with van der Waals surface area (Å²) in [6.07, 6.45) is 3.17. The van der Waals surface area contributed by atoms with Gasteiger partial charge in [0.25, 0.3) is 0 Å². The number of carbonyl (C=O) groups is 1. The molecule has 0 aromatic heterocycles. The van der Waals surface area contributed by atoms with Crippen LogP contribution in [0.2, 0.25) is 0 Å². The summed E-state index contributed by atoms with van der Waals surface area (Å²) in [4.78, 5) is 11.9. The van der Waals surface area contributed by atoms with Gasteiger partial charge < -0.3 is 10.6 Å². The molecule has 2 N–H and O–H groups in total. The average molecular weight is 291 g/mol. The molecule has 1 aliphatic carbocycles. The third-order valence-corrected chi connectivity index (χ3v) is 3.93. The van der Waals surface area contributed by atoms with Crippen LogP contribution in [0, 0.1) is 17.2 Å². The molecule has 1 amide bonds. The van der Waals surface area contributed by atoms with Crippen molar-refractivity contribution in [3.05, 3.63) is 54.1 Å². The third kappa shape index (κ3) is 3.26. The Kier molecular flexibility index (Phi) is 4.06. The highest BCUT2D eigenvalue weighted by atomic mass is 16.1. The summed E-state index contributed by atoms with van der Waals surface area (Å²) in [5, 5.41) is 15.0. The zero-order valence-electron chi connectivity index (χ0n) is 12.2. The predicted octanol–water partition coefficient (Wildman–Crippen LogP) is 4.04. The maximum atomic E-state index is 11.9. The normalized spacial score (nSPS) is 13.8. The molecule has 0 radical (unpaired) electrons. The number of amides is 1. The molecule has 2 aromatic carbocycles. The minimum Gasteiger partial charge on any atom is -0.356 e. The van der Waals surface area contributed by atoms with E-state index in [-0.39, 0.29) is 11.8 Å². The van der Waals surface area contributed by atoms with Crippen LogP contribution in [0.4, 0.5) is 17.1 Å². The van der Waals surface area contributed by atoms with Gasteiger partial charge in [-0.05, 0) is 61.4 Å². The molecule has 0 spiro atoms. The summed E-state index contributed by atoms with van der Waals surface area (Å²) < 4.78 is 0. The third-order valence-electron chi connectivity index (χ3n) is 3.93. The van der Waals surface area contributed by atoms with E-state index in [2.05, 4.69) is 16.7 Å². The Bertz CT molecular complexity index is 695. The van der Waals surface area contributed by atoms with E-state index in [1.807, 2.05) is 36.4 Å². The van der Waals surface area contributed by atoms with Crippen molar-refractivity contribution in [1.29, 1.82) is 5.26 Å². The summed E-state index contributed by atoms with van der Waals surface area (Å²) in [5.41, 5.74) is 3.32. The van der Waals surface area contributed by atoms with Gasteiger partial charge in [-0.25, -0.2) is 0 Å². The van der Waals surface area contributed by atoms with Crippen molar-refractivity contribution >= 4 is 23.0 Å². The number of hydrogen-bond acceptors (Lipinski definition) is 3. The van der Waals surface area contributed by atoms with Crippen molar-refractivity contribution < 1.29 is 4.79 Å². The van der Waals surface area contributed by atoms with Crippen LogP contribution in [0.3, 0.4) is 0 Å².